The summed E-state index contributed by atoms with van der Waals surface area (Å²) in [5.41, 5.74) is 4.15. The predicted molar refractivity (Wildman–Crippen MR) is 115 cm³/mol. The van der Waals surface area contributed by atoms with E-state index in [1.807, 2.05) is 30.3 Å². The molecule has 1 heterocycles. The van der Waals surface area contributed by atoms with Gasteiger partial charge in [-0.15, -0.1) is 0 Å². The molecule has 0 saturated heterocycles. The van der Waals surface area contributed by atoms with Gasteiger partial charge in [-0.25, -0.2) is 5.43 Å². The first-order chi connectivity index (χ1) is 13.6. The van der Waals surface area contributed by atoms with Crippen molar-refractivity contribution in [3.8, 4) is 11.5 Å². The van der Waals surface area contributed by atoms with E-state index in [2.05, 4.69) is 33.1 Å². The van der Waals surface area contributed by atoms with Gasteiger partial charge in [-0.1, -0.05) is 23.7 Å². The van der Waals surface area contributed by atoms with Gasteiger partial charge < -0.3 is 13.9 Å². The summed E-state index contributed by atoms with van der Waals surface area (Å²) in [6.45, 7) is 0.385. The Bertz CT molecular complexity index is 973. The molecule has 0 bridgehead atoms. The average Bonchev–Trinajstić information content (AvgIpc) is 3.23. The van der Waals surface area contributed by atoms with E-state index in [0.717, 1.165) is 14.7 Å². The molecule has 1 amide bonds. The smallest absolute Gasteiger partial charge is 0.307 e. The van der Waals surface area contributed by atoms with E-state index in [0.29, 0.717) is 23.1 Å². The van der Waals surface area contributed by atoms with Crippen molar-refractivity contribution in [2.24, 2.45) is 5.10 Å². The third kappa shape index (κ3) is 5.26. The molecule has 0 saturated carbocycles. The number of furan rings is 1. The van der Waals surface area contributed by atoms with Gasteiger partial charge >= 0.3 is 5.91 Å². The molecule has 0 fully saturated rings. The van der Waals surface area contributed by atoms with Gasteiger partial charge in [0.15, 0.2) is 17.3 Å². The van der Waals surface area contributed by atoms with Crippen molar-refractivity contribution in [1.82, 2.24) is 5.43 Å². The van der Waals surface area contributed by atoms with Crippen molar-refractivity contribution < 1.29 is 18.7 Å². The van der Waals surface area contributed by atoms with Crippen LogP contribution in [0.1, 0.15) is 21.7 Å². The van der Waals surface area contributed by atoms with Crippen LogP contribution in [0.15, 0.2) is 64.3 Å². The Morgan fingerprint density at radius 3 is 2.75 bits per heavy atom. The number of nitrogens with zero attached hydrogens (tertiary/aromatic N) is 1. The lowest BCUT2D eigenvalue weighted by atomic mass is 10.2. The third-order valence-corrected chi connectivity index (χ3v) is 4.73. The minimum atomic E-state index is -0.425. The van der Waals surface area contributed by atoms with Crippen molar-refractivity contribution in [2.45, 2.75) is 6.61 Å². The van der Waals surface area contributed by atoms with Gasteiger partial charge in [0.1, 0.15) is 6.61 Å². The molecular weight excluding hydrogens is 495 g/mol. The van der Waals surface area contributed by atoms with E-state index in [4.69, 9.17) is 25.5 Å². The zero-order chi connectivity index (χ0) is 19.9. The van der Waals surface area contributed by atoms with E-state index in [1.165, 1.54) is 12.5 Å². The summed E-state index contributed by atoms with van der Waals surface area (Å²) in [5, 5.41) is 4.63. The average molecular weight is 511 g/mol. The topological polar surface area (TPSA) is 73.1 Å². The van der Waals surface area contributed by atoms with E-state index in [9.17, 15) is 4.79 Å². The highest BCUT2D eigenvalue weighted by Gasteiger charge is 2.12. The van der Waals surface area contributed by atoms with Crippen molar-refractivity contribution in [3.63, 3.8) is 0 Å². The zero-order valence-corrected chi connectivity index (χ0v) is 17.7. The number of amides is 1. The number of hydrogen-bond acceptors (Lipinski definition) is 5. The van der Waals surface area contributed by atoms with Gasteiger partial charge in [0.05, 0.1) is 23.2 Å². The Balaban J connectivity index is 1.69. The SMILES string of the molecule is COc1cc(/C=N\NC(=O)c2ccco2)cc(I)c1OCc1ccc(Cl)cc1. The van der Waals surface area contributed by atoms with Crippen LogP contribution in [0.25, 0.3) is 0 Å². The summed E-state index contributed by atoms with van der Waals surface area (Å²) in [7, 11) is 1.57. The fourth-order valence-corrected chi connectivity index (χ4v) is 3.23. The second kappa shape index (κ2) is 9.61. The summed E-state index contributed by atoms with van der Waals surface area (Å²) >= 11 is 8.07. The highest BCUT2D eigenvalue weighted by Crippen LogP contribution is 2.34. The fourth-order valence-electron chi connectivity index (χ4n) is 2.32. The molecule has 0 aliphatic rings. The highest BCUT2D eigenvalue weighted by atomic mass is 127. The van der Waals surface area contributed by atoms with Crippen LogP contribution in [0, 0.1) is 3.57 Å². The number of halogens is 2. The molecule has 0 radical (unpaired) electrons. The normalized spacial score (nSPS) is 10.8. The minimum Gasteiger partial charge on any atom is -0.493 e. The summed E-state index contributed by atoms with van der Waals surface area (Å²) in [6, 6.07) is 14.3. The van der Waals surface area contributed by atoms with Crippen LogP contribution in [-0.4, -0.2) is 19.2 Å². The van der Waals surface area contributed by atoms with Crippen LogP contribution in [0.3, 0.4) is 0 Å². The number of methoxy groups -OCH3 is 1. The molecule has 0 aliphatic carbocycles. The van der Waals surface area contributed by atoms with E-state index < -0.39 is 5.91 Å². The van der Waals surface area contributed by atoms with Gasteiger partial charge in [-0.2, -0.15) is 5.10 Å². The molecule has 0 aliphatic heterocycles. The van der Waals surface area contributed by atoms with Crippen LogP contribution in [0.2, 0.25) is 5.02 Å². The molecule has 0 spiro atoms. The largest absolute Gasteiger partial charge is 0.493 e. The van der Waals surface area contributed by atoms with Gasteiger partial charge in [-0.05, 0) is 70.1 Å². The molecule has 1 N–H and O–H groups in total. The monoisotopic (exact) mass is 510 g/mol. The first kappa shape index (κ1) is 20.2. The maximum atomic E-state index is 11.8. The van der Waals surface area contributed by atoms with E-state index in [1.54, 1.807) is 25.3 Å². The van der Waals surface area contributed by atoms with Crippen molar-refractivity contribution in [3.05, 3.63) is 80.3 Å². The molecule has 6 nitrogen and oxygen atoms in total. The Morgan fingerprint density at radius 1 is 1.29 bits per heavy atom. The molecule has 28 heavy (non-hydrogen) atoms. The first-order valence-corrected chi connectivity index (χ1v) is 9.64. The number of carbonyl (C=O) groups is 1. The van der Waals surface area contributed by atoms with E-state index in [-0.39, 0.29) is 5.76 Å². The zero-order valence-electron chi connectivity index (χ0n) is 14.8. The number of hydrazone groups is 1. The van der Waals surface area contributed by atoms with Crippen LogP contribution < -0.4 is 14.9 Å². The molecule has 2 aromatic carbocycles. The second-order valence-corrected chi connectivity index (χ2v) is 7.22. The Labute approximate surface area is 180 Å². The second-order valence-electron chi connectivity index (χ2n) is 5.63. The summed E-state index contributed by atoms with van der Waals surface area (Å²) in [6.07, 6.45) is 2.95. The molecule has 3 aromatic rings. The molecule has 3 rings (SSSR count). The van der Waals surface area contributed by atoms with Gasteiger partial charge in [0.2, 0.25) is 0 Å². The van der Waals surface area contributed by atoms with Crippen molar-refractivity contribution in [1.29, 1.82) is 0 Å². The summed E-state index contributed by atoms with van der Waals surface area (Å²) in [5.74, 6) is 0.968. The Kier molecular flexibility index (Phi) is 6.94. The first-order valence-electron chi connectivity index (χ1n) is 8.18. The lowest BCUT2D eigenvalue weighted by Crippen LogP contribution is -2.16. The summed E-state index contributed by atoms with van der Waals surface area (Å²) in [4.78, 5) is 11.8. The number of carbonyl (C=O) groups excluding carboxylic acids is 1. The number of ether oxygens (including phenoxy) is 2. The Hall–Kier alpha value is -2.52. The van der Waals surface area contributed by atoms with Gasteiger partial charge in [0.25, 0.3) is 0 Å². The standard InChI is InChI=1S/C20H16ClIN2O4/c1-26-18-10-14(11-23-24-20(25)17-3-2-8-27-17)9-16(22)19(18)28-12-13-4-6-15(21)7-5-13/h2-11H,12H2,1H3,(H,24,25)/b23-11-. The quantitative estimate of drug-likeness (QED) is 0.279. The molecular formula is C20H16ClIN2O4. The van der Waals surface area contributed by atoms with Crippen LogP contribution in [0.5, 0.6) is 11.5 Å². The molecule has 0 atom stereocenters. The lowest BCUT2D eigenvalue weighted by Gasteiger charge is -2.13. The number of nitrogens with one attached hydrogen (secondary N) is 1. The summed E-state index contributed by atoms with van der Waals surface area (Å²) < 4.78 is 17.2. The molecule has 144 valence electrons. The Morgan fingerprint density at radius 2 is 2.07 bits per heavy atom. The molecule has 8 heteroatoms. The maximum Gasteiger partial charge on any atom is 0.307 e. The molecule has 1 aromatic heterocycles. The highest BCUT2D eigenvalue weighted by molar-refractivity contribution is 14.1. The number of hydrogen-bond donors (Lipinski definition) is 1. The number of rotatable bonds is 7. The predicted octanol–water partition coefficient (Wildman–Crippen LogP) is 4.89. The minimum absolute atomic E-state index is 0.190. The maximum absolute atomic E-state index is 11.8. The van der Waals surface area contributed by atoms with Gasteiger partial charge in [0, 0.05) is 5.02 Å². The van der Waals surface area contributed by atoms with E-state index >= 15 is 0 Å². The van der Waals surface area contributed by atoms with Crippen LogP contribution in [0.4, 0.5) is 0 Å². The van der Waals surface area contributed by atoms with Crippen LogP contribution >= 0.6 is 34.2 Å². The molecule has 0 unspecified atom stereocenters. The van der Waals surface area contributed by atoms with Crippen molar-refractivity contribution in [2.75, 3.05) is 7.11 Å². The van der Waals surface area contributed by atoms with Gasteiger partial charge in [-0.3, -0.25) is 4.79 Å². The third-order valence-electron chi connectivity index (χ3n) is 3.67. The fraction of sp³-hybridized carbons (Fsp3) is 0.100. The van der Waals surface area contributed by atoms with Crippen molar-refractivity contribution >= 4 is 46.3 Å². The van der Waals surface area contributed by atoms with Crippen LogP contribution in [-0.2, 0) is 6.61 Å². The number of benzene rings is 2. The lowest BCUT2D eigenvalue weighted by molar-refractivity contribution is 0.0927.